The summed E-state index contributed by atoms with van der Waals surface area (Å²) >= 11 is 0. The fourth-order valence-corrected chi connectivity index (χ4v) is 9.64. The van der Waals surface area contributed by atoms with Gasteiger partial charge in [0.05, 0.1) is 79.0 Å². The van der Waals surface area contributed by atoms with Crippen LogP contribution in [0.2, 0.25) is 0 Å². The SMILES string of the molecule is CCCCCC(OCC[N+](C)(C)CCOCC)C(O)CCCCCCCCCCCOCCCCCCCCCCOCCCCCCCCCCCC(O)C(CCCCC)OCC[N+](C)(C)CCOCC. The highest BCUT2D eigenvalue weighted by atomic mass is 16.5. The Kier molecular flexibility index (Phi) is 53.7. The molecule has 0 radical (unpaired) electrons. The first-order valence-corrected chi connectivity index (χ1v) is 31.6. The van der Waals surface area contributed by atoms with E-state index in [1.807, 2.05) is 13.8 Å². The molecule has 0 aromatic heterocycles. The van der Waals surface area contributed by atoms with Gasteiger partial charge in [0.2, 0.25) is 0 Å². The Labute approximate surface area is 449 Å². The van der Waals surface area contributed by atoms with E-state index in [2.05, 4.69) is 42.0 Å². The van der Waals surface area contributed by atoms with Gasteiger partial charge < -0.3 is 47.6 Å². The Morgan fingerprint density at radius 1 is 0.278 bits per heavy atom. The van der Waals surface area contributed by atoms with Crippen LogP contribution in [0.1, 0.15) is 259 Å². The summed E-state index contributed by atoms with van der Waals surface area (Å²) in [5, 5.41) is 22.0. The minimum absolute atomic E-state index is 0.0286. The number of nitrogens with zero attached hydrogens (tertiary/aromatic N) is 2. The molecule has 72 heavy (non-hydrogen) atoms. The van der Waals surface area contributed by atoms with E-state index >= 15 is 0 Å². The van der Waals surface area contributed by atoms with Gasteiger partial charge in [0.1, 0.15) is 26.2 Å². The van der Waals surface area contributed by atoms with E-state index < -0.39 is 0 Å². The third-order valence-electron chi connectivity index (χ3n) is 15.1. The lowest BCUT2D eigenvalue weighted by Crippen LogP contribution is -2.45. The maximum absolute atomic E-state index is 11.0. The molecular weight excluding hydrogens is 901 g/mol. The van der Waals surface area contributed by atoms with Gasteiger partial charge in [-0.15, -0.1) is 0 Å². The van der Waals surface area contributed by atoms with Crippen molar-refractivity contribution in [3.05, 3.63) is 0 Å². The Hall–Kier alpha value is -0.400. The fraction of sp³-hybridized carbons (Fsp3) is 1.00. The third kappa shape index (κ3) is 50.4. The monoisotopic (exact) mass is 1030 g/mol. The third-order valence-corrected chi connectivity index (χ3v) is 15.1. The van der Waals surface area contributed by atoms with E-state index in [0.29, 0.717) is 13.2 Å². The van der Waals surface area contributed by atoms with E-state index in [4.69, 9.17) is 28.4 Å². The number of ether oxygens (including phenoxy) is 6. The molecule has 2 N–H and O–H groups in total. The average molecular weight is 1030 g/mol. The molecule has 10 heteroatoms. The number of aliphatic hydroxyl groups excluding tert-OH is 2. The normalized spacial score (nSPS) is 14.1. The molecule has 0 aliphatic carbocycles. The predicted octanol–water partition coefficient (Wildman–Crippen LogP) is 14.8. The van der Waals surface area contributed by atoms with Crippen molar-refractivity contribution in [3.8, 4) is 0 Å². The summed E-state index contributed by atoms with van der Waals surface area (Å²) in [6.07, 6.45) is 43.3. The van der Waals surface area contributed by atoms with E-state index in [1.165, 1.54) is 180 Å². The fourth-order valence-electron chi connectivity index (χ4n) is 9.64. The Morgan fingerprint density at radius 2 is 0.528 bits per heavy atom. The second-order valence-corrected chi connectivity index (χ2v) is 23.1. The van der Waals surface area contributed by atoms with Gasteiger partial charge in [-0.05, 0) is 65.2 Å². The number of likely N-dealkylation sites (N-methyl/N-ethyl adjacent to an activating group) is 2. The molecule has 4 atom stereocenters. The van der Waals surface area contributed by atoms with E-state index in [9.17, 15) is 10.2 Å². The summed E-state index contributed by atoms with van der Waals surface area (Å²) in [6.45, 7) is 20.7. The van der Waals surface area contributed by atoms with Crippen LogP contribution in [-0.2, 0) is 28.4 Å². The summed E-state index contributed by atoms with van der Waals surface area (Å²) < 4.78 is 37.4. The van der Waals surface area contributed by atoms with Crippen LogP contribution < -0.4 is 0 Å². The zero-order chi connectivity index (χ0) is 52.9. The Morgan fingerprint density at radius 3 is 0.806 bits per heavy atom. The summed E-state index contributed by atoms with van der Waals surface area (Å²) in [7, 11) is 8.95. The molecule has 0 rings (SSSR count). The summed E-state index contributed by atoms with van der Waals surface area (Å²) in [5.41, 5.74) is 0. The molecule has 4 unspecified atom stereocenters. The van der Waals surface area contributed by atoms with Gasteiger partial charge in [-0.3, -0.25) is 0 Å². The van der Waals surface area contributed by atoms with Crippen LogP contribution in [0.25, 0.3) is 0 Å². The molecule has 0 fully saturated rings. The molecule has 0 aromatic rings. The predicted molar refractivity (Wildman–Crippen MR) is 307 cm³/mol. The maximum Gasteiger partial charge on any atom is 0.102 e. The Balaban J connectivity index is 3.57. The first-order valence-electron chi connectivity index (χ1n) is 31.6. The van der Waals surface area contributed by atoms with Crippen molar-refractivity contribution in [1.29, 1.82) is 0 Å². The lowest BCUT2D eigenvalue weighted by atomic mass is 10.00. The first-order chi connectivity index (χ1) is 35.0. The first kappa shape index (κ1) is 71.6. The Bertz CT molecular complexity index is 973. The van der Waals surface area contributed by atoms with Gasteiger partial charge >= 0.3 is 0 Å². The van der Waals surface area contributed by atoms with Crippen LogP contribution in [0.4, 0.5) is 0 Å². The van der Waals surface area contributed by atoms with E-state index in [-0.39, 0.29) is 24.4 Å². The van der Waals surface area contributed by atoms with Crippen molar-refractivity contribution < 1.29 is 47.6 Å². The summed E-state index contributed by atoms with van der Waals surface area (Å²) in [6, 6.07) is 0. The molecule has 0 saturated carbocycles. The van der Waals surface area contributed by atoms with Gasteiger partial charge in [-0.1, -0.05) is 194 Å². The lowest BCUT2D eigenvalue weighted by Gasteiger charge is -2.31. The highest BCUT2D eigenvalue weighted by molar-refractivity contribution is 4.71. The van der Waals surface area contributed by atoms with Gasteiger partial charge in [0.15, 0.2) is 0 Å². The number of quaternary nitrogens is 2. The van der Waals surface area contributed by atoms with Crippen LogP contribution in [0, 0.1) is 0 Å². The van der Waals surface area contributed by atoms with Gasteiger partial charge in [-0.25, -0.2) is 0 Å². The van der Waals surface area contributed by atoms with Gasteiger partial charge in [0, 0.05) is 39.6 Å². The van der Waals surface area contributed by atoms with Crippen LogP contribution >= 0.6 is 0 Å². The molecule has 10 nitrogen and oxygen atoms in total. The van der Waals surface area contributed by atoms with Crippen molar-refractivity contribution in [1.82, 2.24) is 0 Å². The van der Waals surface area contributed by atoms with Gasteiger partial charge in [0.25, 0.3) is 0 Å². The van der Waals surface area contributed by atoms with Crippen LogP contribution in [0.15, 0.2) is 0 Å². The van der Waals surface area contributed by atoms with Crippen LogP contribution in [0.3, 0.4) is 0 Å². The van der Waals surface area contributed by atoms with Crippen molar-refractivity contribution in [3.63, 3.8) is 0 Å². The number of hydrogen-bond acceptors (Lipinski definition) is 8. The van der Waals surface area contributed by atoms with Crippen molar-refractivity contribution in [2.75, 3.05) is 120 Å². The van der Waals surface area contributed by atoms with Crippen molar-refractivity contribution in [2.45, 2.75) is 283 Å². The maximum atomic E-state index is 11.0. The molecule has 0 bridgehead atoms. The minimum atomic E-state index is -0.343. The number of unbranched alkanes of at least 4 members (excludes halogenated alkanes) is 27. The molecule has 0 saturated heterocycles. The standard InChI is InChI=1S/C62H130N2O8/c1-9-13-35-45-61(71-57-49-63(5,6)47-55-67-11-3)59(65)43-37-29-23-17-15-19-25-31-39-51-69-53-41-33-27-21-22-28-34-42-54-70-52-40-32-26-20-16-18-24-30-38-44-60(66)62(46-36-14-10-2)72-58-50-64(7,8)48-56-68-12-4/h59-62,65-66H,9-58H2,1-8H3/q+2. The largest absolute Gasteiger partial charge is 0.390 e. The van der Waals surface area contributed by atoms with Crippen LogP contribution in [0.5, 0.6) is 0 Å². The second kappa shape index (κ2) is 54.0. The topological polar surface area (TPSA) is 95.8 Å². The van der Waals surface area contributed by atoms with E-state index in [1.54, 1.807) is 0 Å². The summed E-state index contributed by atoms with van der Waals surface area (Å²) in [5.74, 6) is 0. The minimum Gasteiger partial charge on any atom is -0.390 e. The molecule has 0 heterocycles. The highest BCUT2D eigenvalue weighted by Crippen LogP contribution is 2.20. The molecule has 434 valence electrons. The second-order valence-electron chi connectivity index (χ2n) is 23.1. The number of hydrogen-bond donors (Lipinski definition) is 2. The molecule has 0 aliphatic rings. The van der Waals surface area contributed by atoms with Crippen molar-refractivity contribution >= 4 is 0 Å². The lowest BCUT2D eigenvalue weighted by molar-refractivity contribution is -0.891. The highest BCUT2D eigenvalue weighted by Gasteiger charge is 2.23. The van der Waals surface area contributed by atoms with E-state index in [0.717, 1.165) is 139 Å². The quantitative estimate of drug-likeness (QED) is 0.0459. The summed E-state index contributed by atoms with van der Waals surface area (Å²) in [4.78, 5) is 0. The van der Waals surface area contributed by atoms with Gasteiger partial charge in [-0.2, -0.15) is 0 Å². The molecular formula is C62H130N2O8+2. The zero-order valence-corrected chi connectivity index (χ0v) is 49.9. The van der Waals surface area contributed by atoms with Crippen molar-refractivity contribution in [2.24, 2.45) is 0 Å². The average Bonchev–Trinajstić information content (AvgIpc) is 3.35. The molecule has 0 aliphatic heterocycles. The molecule has 0 spiro atoms. The van der Waals surface area contributed by atoms with Crippen LogP contribution in [-0.4, -0.2) is 164 Å². The smallest absolute Gasteiger partial charge is 0.102 e. The molecule has 0 amide bonds. The zero-order valence-electron chi connectivity index (χ0n) is 49.9. The molecule has 0 aromatic carbocycles. The number of rotatable bonds is 61. The number of aliphatic hydroxyl groups is 2.